The van der Waals surface area contributed by atoms with Crippen LogP contribution < -0.4 is 5.32 Å². The molecule has 0 aliphatic carbocycles. The molecule has 0 spiro atoms. The van der Waals surface area contributed by atoms with E-state index in [4.69, 9.17) is 0 Å². The van der Waals surface area contributed by atoms with Crippen molar-refractivity contribution in [2.24, 2.45) is 0 Å². The molecular formula is C10H7F3N2O2. The van der Waals surface area contributed by atoms with Gasteiger partial charge in [-0.2, -0.15) is 0 Å². The summed E-state index contributed by atoms with van der Waals surface area (Å²) in [6, 6.07) is 1.59. The van der Waals surface area contributed by atoms with Gasteiger partial charge in [-0.3, -0.25) is 4.98 Å². The topological polar surface area (TPSA) is 51.2 Å². The predicted octanol–water partition coefficient (Wildman–Crippen LogP) is 1.95. The molecule has 7 heteroatoms. The van der Waals surface area contributed by atoms with Crippen LogP contribution >= 0.6 is 0 Å². The quantitative estimate of drug-likeness (QED) is 0.767. The van der Waals surface area contributed by atoms with Crippen LogP contribution in [-0.4, -0.2) is 23.9 Å². The zero-order chi connectivity index (χ0) is 12.5. The molecule has 17 heavy (non-hydrogen) atoms. The highest BCUT2D eigenvalue weighted by molar-refractivity contribution is 5.97. The van der Waals surface area contributed by atoms with E-state index in [1.54, 1.807) is 6.07 Å². The van der Waals surface area contributed by atoms with Crippen LogP contribution in [-0.2, 0) is 9.53 Å². The van der Waals surface area contributed by atoms with Crippen molar-refractivity contribution in [3.63, 3.8) is 0 Å². The number of hydrogen-bond acceptors (Lipinski definition) is 4. The third kappa shape index (κ3) is 2.74. The Morgan fingerprint density at radius 3 is 2.94 bits per heavy atom. The summed E-state index contributed by atoms with van der Waals surface area (Å²) in [4.78, 5) is 15.0. The molecule has 1 aromatic heterocycles. The molecule has 0 radical (unpaired) electrons. The minimum atomic E-state index is -4.96. The number of nitrogens with one attached hydrogen (secondary N) is 1. The number of anilines is 1. The van der Waals surface area contributed by atoms with Crippen LogP contribution in [0.25, 0.3) is 6.08 Å². The van der Waals surface area contributed by atoms with E-state index in [0.29, 0.717) is 11.3 Å². The Labute approximate surface area is 94.1 Å². The molecular weight excluding hydrogens is 237 g/mol. The molecule has 0 saturated heterocycles. The van der Waals surface area contributed by atoms with Crippen molar-refractivity contribution in [3.05, 3.63) is 29.6 Å². The average Bonchev–Trinajstić information content (AvgIpc) is 2.26. The largest absolute Gasteiger partial charge is 0.575 e. The maximum Gasteiger partial charge on any atom is 0.575 e. The monoisotopic (exact) mass is 244 g/mol. The summed E-state index contributed by atoms with van der Waals surface area (Å²) in [5, 5.41) is 2.78. The second-order valence-corrected chi connectivity index (χ2v) is 3.32. The number of rotatable bonds is 1. The number of halogens is 3. The standard InChI is InChI=1S/C10H7F3N2O2/c11-10(12,13)17-9(16)7-3-6-1-2-14-5-8(6)15-4-7/h1-3,5,15H,4H2. The molecule has 1 N–H and O–H groups in total. The first kappa shape index (κ1) is 11.4. The number of aromatic nitrogens is 1. The lowest BCUT2D eigenvalue weighted by atomic mass is 10.1. The predicted molar refractivity (Wildman–Crippen MR) is 52.9 cm³/mol. The molecule has 1 aliphatic rings. The normalized spacial score (nSPS) is 14.4. The highest BCUT2D eigenvalue weighted by Crippen LogP contribution is 2.25. The first-order valence-electron chi connectivity index (χ1n) is 4.64. The second-order valence-electron chi connectivity index (χ2n) is 3.32. The maximum absolute atomic E-state index is 11.9. The van der Waals surface area contributed by atoms with Gasteiger partial charge in [-0.15, -0.1) is 13.2 Å². The fraction of sp³-hybridized carbons (Fsp3) is 0.200. The van der Waals surface area contributed by atoms with Crippen LogP contribution in [0.15, 0.2) is 24.0 Å². The minimum Gasteiger partial charge on any atom is -0.379 e. The fourth-order valence-corrected chi connectivity index (χ4v) is 1.41. The van der Waals surface area contributed by atoms with Crippen molar-refractivity contribution in [1.29, 1.82) is 0 Å². The molecule has 0 unspecified atom stereocenters. The van der Waals surface area contributed by atoms with Crippen LogP contribution in [0.2, 0.25) is 0 Å². The lowest BCUT2D eigenvalue weighted by Gasteiger charge is -2.17. The van der Waals surface area contributed by atoms with Gasteiger partial charge in [0.15, 0.2) is 0 Å². The molecule has 0 amide bonds. The van der Waals surface area contributed by atoms with Gasteiger partial charge in [0.1, 0.15) is 0 Å². The van der Waals surface area contributed by atoms with Crippen LogP contribution in [0.4, 0.5) is 18.9 Å². The summed E-state index contributed by atoms with van der Waals surface area (Å²) in [6.45, 7) is -0.0202. The summed E-state index contributed by atoms with van der Waals surface area (Å²) in [7, 11) is 0. The molecule has 0 bridgehead atoms. The molecule has 2 rings (SSSR count). The number of carbonyl (C=O) groups excluding carboxylic acids is 1. The van der Waals surface area contributed by atoms with Crippen LogP contribution in [0.3, 0.4) is 0 Å². The van der Waals surface area contributed by atoms with Crippen molar-refractivity contribution in [2.45, 2.75) is 6.36 Å². The summed E-state index contributed by atoms with van der Waals surface area (Å²) in [5.74, 6) is -1.40. The lowest BCUT2D eigenvalue weighted by Crippen LogP contribution is -2.25. The zero-order valence-electron chi connectivity index (χ0n) is 8.41. The van der Waals surface area contributed by atoms with E-state index in [2.05, 4.69) is 15.0 Å². The summed E-state index contributed by atoms with van der Waals surface area (Å²) in [6.07, 6.45) is -0.606. The first-order chi connectivity index (χ1) is 7.96. The Kier molecular flexibility index (Phi) is 2.74. The summed E-state index contributed by atoms with van der Waals surface area (Å²) in [5.41, 5.74) is 1.18. The van der Waals surface area contributed by atoms with Crippen molar-refractivity contribution in [1.82, 2.24) is 4.98 Å². The van der Waals surface area contributed by atoms with Gasteiger partial charge < -0.3 is 10.1 Å². The van der Waals surface area contributed by atoms with Gasteiger partial charge in [-0.25, -0.2) is 4.79 Å². The van der Waals surface area contributed by atoms with Crippen molar-refractivity contribution < 1.29 is 22.7 Å². The molecule has 4 nitrogen and oxygen atoms in total. The van der Waals surface area contributed by atoms with Gasteiger partial charge in [0.05, 0.1) is 17.5 Å². The molecule has 2 heterocycles. The third-order valence-electron chi connectivity index (χ3n) is 2.12. The smallest absolute Gasteiger partial charge is 0.379 e. The van der Waals surface area contributed by atoms with Crippen molar-refractivity contribution >= 4 is 17.7 Å². The Bertz CT molecular complexity index is 483. The Morgan fingerprint density at radius 1 is 1.47 bits per heavy atom. The second kappa shape index (κ2) is 4.08. The molecule has 0 aromatic carbocycles. The van der Waals surface area contributed by atoms with Gasteiger partial charge >= 0.3 is 12.3 Å². The van der Waals surface area contributed by atoms with E-state index in [-0.39, 0.29) is 12.1 Å². The Balaban J connectivity index is 2.20. The molecule has 1 aliphatic heterocycles. The SMILES string of the molecule is O=C(OC(F)(F)F)C1=Cc2ccncc2NC1. The van der Waals surface area contributed by atoms with E-state index in [1.165, 1.54) is 18.5 Å². The summed E-state index contributed by atoms with van der Waals surface area (Å²) >= 11 is 0. The van der Waals surface area contributed by atoms with Crippen LogP contribution in [0.1, 0.15) is 5.56 Å². The van der Waals surface area contributed by atoms with Gasteiger partial charge in [0.25, 0.3) is 0 Å². The minimum absolute atomic E-state index is 0.0202. The first-order valence-corrected chi connectivity index (χ1v) is 4.64. The van der Waals surface area contributed by atoms with E-state index < -0.39 is 12.3 Å². The number of nitrogens with zero attached hydrogens (tertiary/aromatic N) is 1. The van der Waals surface area contributed by atoms with Gasteiger partial charge in [-0.05, 0) is 12.1 Å². The highest BCUT2D eigenvalue weighted by Gasteiger charge is 2.35. The number of fused-ring (bicyclic) bond motifs is 1. The van der Waals surface area contributed by atoms with Gasteiger partial charge in [0.2, 0.25) is 0 Å². The third-order valence-corrected chi connectivity index (χ3v) is 2.12. The van der Waals surface area contributed by atoms with Gasteiger partial charge in [-0.1, -0.05) is 0 Å². The van der Waals surface area contributed by atoms with Crippen molar-refractivity contribution in [3.8, 4) is 0 Å². The lowest BCUT2D eigenvalue weighted by molar-refractivity contribution is -0.303. The zero-order valence-corrected chi connectivity index (χ0v) is 8.41. The molecule has 1 aromatic rings. The number of pyridine rings is 1. The molecule has 0 saturated carbocycles. The van der Waals surface area contributed by atoms with Gasteiger partial charge in [0, 0.05) is 18.3 Å². The highest BCUT2D eigenvalue weighted by atomic mass is 19.4. The van der Waals surface area contributed by atoms with Crippen LogP contribution in [0.5, 0.6) is 0 Å². The molecule has 0 atom stereocenters. The number of hydrogen-bond donors (Lipinski definition) is 1. The average molecular weight is 244 g/mol. The fourth-order valence-electron chi connectivity index (χ4n) is 1.41. The molecule has 0 fully saturated rings. The van der Waals surface area contributed by atoms with Crippen molar-refractivity contribution in [2.75, 3.05) is 11.9 Å². The number of carbonyl (C=O) groups is 1. The van der Waals surface area contributed by atoms with E-state index in [1.807, 2.05) is 0 Å². The maximum atomic E-state index is 11.9. The van der Waals surface area contributed by atoms with E-state index in [9.17, 15) is 18.0 Å². The number of alkyl halides is 3. The number of esters is 1. The van der Waals surface area contributed by atoms with E-state index in [0.717, 1.165) is 0 Å². The van der Waals surface area contributed by atoms with Crippen LogP contribution in [0, 0.1) is 0 Å². The summed E-state index contributed by atoms with van der Waals surface area (Å²) < 4.78 is 38.9. The molecule has 90 valence electrons. The Hall–Kier alpha value is -2.05. The van der Waals surface area contributed by atoms with E-state index >= 15 is 0 Å². The Morgan fingerprint density at radius 2 is 2.24 bits per heavy atom. The number of ether oxygens (including phenoxy) is 1.